The number of aromatic carboxylic acids is 1. The number of hydrogen-bond acceptors (Lipinski definition) is 3. The summed E-state index contributed by atoms with van der Waals surface area (Å²) in [5.74, 6) is -2.30. The Hall–Kier alpha value is -2.63. The molecule has 104 valence electrons. The fraction of sp³-hybridized carbons (Fsp3) is 0.143. The van der Waals surface area contributed by atoms with Crippen LogP contribution in [0.25, 0.3) is 0 Å². The van der Waals surface area contributed by atoms with Gasteiger partial charge in [0.15, 0.2) is 0 Å². The highest BCUT2D eigenvalue weighted by Crippen LogP contribution is 2.21. The second kappa shape index (κ2) is 6.01. The first-order valence-corrected chi connectivity index (χ1v) is 5.89. The molecule has 0 bridgehead atoms. The molecule has 1 heterocycles. The number of hydrogen-bond donors (Lipinski definition) is 1. The van der Waals surface area contributed by atoms with Crippen LogP contribution < -0.4 is 10.3 Å². The third kappa shape index (κ3) is 3.03. The van der Waals surface area contributed by atoms with Crippen molar-refractivity contribution in [3.63, 3.8) is 0 Å². The zero-order valence-corrected chi connectivity index (χ0v) is 10.5. The van der Waals surface area contributed by atoms with E-state index in [0.29, 0.717) is 0 Å². The summed E-state index contributed by atoms with van der Waals surface area (Å²) in [5, 5.41) is 8.93. The van der Waals surface area contributed by atoms with Crippen LogP contribution in [-0.2, 0) is 6.54 Å². The maximum atomic E-state index is 13.4. The Labute approximate surface area is 113 Å². The minimum absolute atomic E-state index is 0.0542. The maximum absolute atomic E-state index is 13.4. The number of halogens is 1. The van der Waals surface area contributed by atoms with Gasteiger partial charge in [-0.1, -0.05) is 12.1 Å². The zero-order valence-electron chi connectivity index (χ0n) is 10.5. The Kier molecular flexibility index (Phi) is 4.14. The van der Waals surface area contributed by atoms with Crippen molar-refractivity contribution < 1.29 is 19.0 Å². The van der Waals surface area contributed by atoms with Crippen LogP contribution in [0.5, 0.6) is 5.75 Å². The number of rotatable bonds is 5. The predicted octanol–water partition coefficient (Wildman–Crippen LogP) is 1.76. The van der Waals surface area contributed by atoms with Gasteiger partial charge in [0.05, 0.1) is 6.54 Å². The number of pyridine rings is 1. The quantitative estimate of drug-likeness (QED) is 0.904. The summed E-state index contributed by atoms with van der Waals surface area (Å²) in [6.07, 6.45) is 1.59. The highest BCUT2D eigenvalue weighted by Gasteiger charge is 2.16. The Morgan fingerprint density at radius 1 is 1.25 bits per heavy atom. The number of benzene rings is 1. The molecule has 0 unspecified atom stereocenters. The molecule has 0 saturated carbocycles. The van der Waals surface area contributed by atoms with Crippen molar-refractivity contribution in [1.82, 2.24) is 4.57 Å². The molecule has 2 aromatic rings. The van der Waals surface area contributed by atoms with E-state index >= 15 is 0 Å². The molecule has 0 radical (unpaired) electrons. The molecule has 0 fully saturated rings. The van der Waals surface area contributed by atoms with Gasteiger partial charge in [0.25, 0.3) is 5.56 Å². The SMILES string of the molecule is O=C(O)c1c(F)cccc1OCCn1ccccc1=O. The molecule has 0 atom stereocenters. The highest BCUT2D eigenvalue weighted by atomic mass is 19.1. The van der Waals surface area contributed by atoms with E-state index in [1.165, 1.54) is 22.8 Å². The summed E-state index contributed by atoms with van der Waals surface area (Å²) < 4.78 is 20.1. The van der Waals surface area contributed by atoms with Crippen LogP contribution in [0, 0.1) is 5.82 Å². The summed E-state index contributed by atoms with van der Waals surface area (Å²) in [5.41, 5.74) is -0.693. The number of carbonyl (C=O) groups is 1. The lowest BCUT2D eigenvalue weighted by molar-refractivity contribution is 0.0686. The van der Waals surface area contributed by atoms with E-state index in [4.69, 9.17) is 9.84 Å². The molecule has 1 N–H and O–H groups in total. The molecule has 6 heteroatoms. The molecule has 0 spiro atoms. The second-order valence-corrected chi connectivity index (χ2v) is 4.00. The Morgan fingerprint density at radius 2 is 2.05 bits per heavy atom. The van der Waals surface area contributed by atoms with Gasteiger partial charge in [0.1, 0.15) is 23.7 Å². The van der Waals surface area contributed by atoms with E-state index in [1.807, 2.05) is 0 Å². The molecular formula is C14H12FNO4. The number of carboxylic acid groups (broad SMARTS) is 1. The number of nitrogens with zero attached hydrogens (tertiary/aromatic N) is 1. The normalized spacial score (nSPS) is 10.2. The van der Waals surface area contributed by atoms with E-state index in [2.05, 4.69) is 0 Å². The van der Waals surface area contributed by atoms with Crippen molar-refractivity contribution in [3.8, 4) is 5.75 Å². The maximum Gasteiger partial charge on any atom is 0.342 e. The van der Waals surface area contributed by atoms with Crippen LogP contribution in [0.15, 0.2) is 47.4 Å². The standard InChI is InChI=1S/C14H12FNO4/c15-10-4-3-5-11(13(10)14(18)19)20-9-8-16-7-2-1-6-12(16)17/h1-7H,8-9H2,(H,18,19). The minimum atomic E-state index is -1.39. The van der Waals surface area contributed by atoms with Crippen LogP contribution >= 0.6 is 0 Å². The van der Waals surface area contributed by atoms with Gasteiger partial charge in [0.2, 0.25) is 0 Å². The number of ether oxygens (including phenoxy) is 1. The minimum Gasteiger partial charge on any atom is -0.491 e. The van der Waals surface area contributed by atoms with Crippen LogP contribution in [-0.4, -0.2) is 22.2 Å². The zero-order chi connectivity index (χ0) is 14.5. The Balaban J connectivity index is 2.09. The average Bonchev–Trinajstić information content (AvgIpc) is 2.40. The summed E-state index contributed by atoms with van der Waals surface area (Å²) in [4.78, 5) is 22.4. The Morgan fingerprint density at radius 3 is 2.75 bits per heavy atom. The van der Waals surface area contributed by atoms with Gasteiger partial charge in [0, 0.05) is 12.3 Å². The molecule has 0 aliphatic heterocycles. The first-order chi connectivity index (χ1) is 9.59. The molecule has 1 aromatic heterocycles. The predicted molar refractivity (Wildman–Crippen MR) is 69.6 cm³/mol. The summed E-state index contributed by atoms with van der Waals surface area (Å²) in [6, 6.07) is 8.52. The van der Waals surface area contributed by atoms with Gasteiger partial charge >= 0.3 is 5.97 Å². The van der Waals surface area contributed by atoms with Gasteiger partial charge in [-0.3, -0.25) is 4.79 Å². The van der Waals surface area contributed by atoms with Gasteiger partial charge < -0.3 is 14.4 Å². The highest BCUT2D eigenvalue weighted by molar-refractivity contribution is 5.91. The fourth-order valence-corrected chi connectivity index (χ4v) is 1.73. The van der Waals surface area contributed by atoms with Crippen LogP contribution in [0.2, 0.25) is 0 Å². The Bertz CT molecular complexity index is 681. The van der Waals surface area contributed by atoms with Crippen LogP contribution in [0.4, 0.5) is 4.39 Å². The molecule has 0 amide bonds. The lowest BCUT2D eigenvalue weighted by Gasteiger charge is -2.10. The largest absolute Gasteiger partial charge is 0.491 e. The second-order valence-electron chi connectivity index (χ2n) is 4.00. The van der Waals surface area contributed by atoms with Crippen molar-refractivity contribution in [1.29, 1.82) is 0 Å². The number of carboxylic acids is 1. The molecular weight excluding hydrogens is 265 g/mol. The van der Waals surface area contributed by atoms with E-state index < -0.39 is 17.3 Å². The van der Waals surface area contributed by atoms with Crippen molar-refractivity contribution in [2.45, 2.75) is 6.54 Å². The van der Waals surface area contributed by atoms with E-state index in [0.717, 1.165) is 6.07 Å². The summed E-state index contributed by atoms with van der Waals surface area (Å²) >= 11 is 0. The molecule has 0 aliphatic rings. The molecule has 2 rings (SSSR count). The average molecular weight is 277 g/mol. The third-order valence-electron chi connectivity index (χ3n) is 2.68. The number of aromatic nitrogens is 1. The smallest absolute Gasteiger partial charge is 0.342 e. The van der Waals surface area contributed by atoms with Crippen molar-refractivity contribution in [2.75, 3.05) is 6.61 Å². The van der Waals surface area contributed by atoms with Crippen LogP contribution in [0.3, 0.4) is 0 Å². The molecule has 5 nitrogen and oxygen atoms in total. The van der Waals surface area contributed by atoms with E-state index in [-0.39, 0.29) is 24.5 Å². The van der Waals surface area contributed by atoms with Crippen LogP contribution in [0.1, 0.15) is 10.4 Å². The van der Waals surface area contributed by atoms with E-state index in [9.17, 15) is 14.0 Å². The monoisotopic (exact) mass is 277 g/mol. The van der Waals surface area contributed by atoms with E-state index in [1.54, 1.807) is 18.3 Å². The third-order valence-corrected chi connectivity index (χ3v) is 2.68. The first kappa shape index (κ1) is 13.8. The molecule has 0 aliphatic carbocycles. The van der Waals surface area contributed by atoms with Crippen molar-refractivity contribution >= 4 is 5.97 Å². The lowest BCUT2D eigenvalue weighted by Crippen LogP contribution is -2.21. The topological polar surface area (TPSA) is 68.5 Å². The molecule has 1 aromatic carbocycles. The van der Waals surface area contributed by atoms with Gasteiger partial charge in [-0.2, -0.15) is 0 Å². The van der Waals surface area contributed by atoms with Gasteiger partial charge in [-0.15, -0.1) is 0 Å². The van der Waals surface area contributed by atoms with Crippen molar-refractivity contribution in [3.05, 3.63) is 64.3 Å². The fourth-order valence-electron chi connectivity index (χ4n) is 1.73. The molecule has 20 heavy (non-hydrogen) atoms. The van der Waals surface area contributed by atoms with Gasteiger partial charge in [-0.25, -0.2) is 9.18 Å². The first-order valence-electron chi connectivity index (χ1n) is 5.89. The summed E-state index contributed by atoms with van der Waals surface area (Å²) in [6.45, 7) is 0.308. The lowest BCUT2D eigenvalue weighted by atomic mass is 10.2. The molecule has 0 saturated heterocycles. The van der Waals surface area contributed by atoms with Crippen molar-refractivity contribution in [2.24, 2.45) is 0 Å². The van der Waals surface area contributed by atoms with Gasteiger partial charge in [-0.05, 0) is 18.2 Å². The summed E-state index contributed by atoms with van der Waals surface area (Å²) in [7, 11) is 0.